The number of allylic oxidation sites excluding steroid dienone is 1. The number of para-hydroxylation sites is 1. The van der Waals surface area contributed by atoms with E-state index in [2.05, 4.69) is 10.0 Å². The van der Waals surface area contributed by atoms with E-state index in [9.17, 15) is 22.8 Å². The van der Waals surface area contributed by atoms with E-state index < -0.39 is 33.9 Å². The van der Waals surface area contributed by atoms with Gasteiger partial charge < -0.3 is 19.7 Å². The van der Waals surface area contributed by atoms with E-state index in [1.54, 1.807) is 33.6 Å². The van der Waals surface area contributed by atoms with Gasteiger partial charge in [0, 0.05) is 36.1 Å². The summed E-state index contributed by atoms with van der Waals surface area (Å²) >= 11 is 11.9. The monoisotopic (exact) mass is 631 g/mol. The fraction of sp³-hybridized carbons (Fsp3) is 0.345. The Bertz CT molecular complexity index is 1750. The van der Waals surface area contributed by atoms with E-state index in [0.29, 0.717) is 10.7 Å². The van der Waals surface area contributed by atoms with Crippen molar-refractivity contribution in [1.29, 1.82) is 0 Å². The number of hydrogen-bond acceptors (Lipinski definition) is 5. The Kier molecular flexibility index (Phi) is 7.90. The second-order valence-electron chi connectivity index (χ2n) is 11.1. The molecule has 0 radical (unpaired) electrons. The van der Waals surface area contributed by atoms with Crippen molar-refractivity contribution in [3.05, 3.63) is 76.0 Å². The molecule has 2 fully saturated rings. The van der Waals surface area contributed by atoms with Crippen molar-refractivity contribution < 1.29 is 22.8 Å². The van der Waals surface area contributed by atoms with E-state index in [1.165, 1.54) is 18.2 Å². The lowest BCUT2D eigenvalue weighted by molar-refractivity contribution is -0.201. The smallest absolute Gasteiger partial charge is 0.272 e. The summed E-state index contributed by atoms with van der Waals surface area (Å²) in [5, 5.41) is 3.98. The zero-order chi connectivity index (χ0) is 30.6. The normalized spacial score (nSPS) is 20.3. The summed E-state index contributed by atoms with van der Waals surface area (Å²) in [4.78, 5) is 42.8. The van der Waals surface area contributed by atoms with Gasteiger partial charge in [0.2, 0.25) is 15.9 Å². The zero-order valence-electron chi connectivity index (χ0n) is 23.5. The lowest BCUT2D eigenvalue weighted by Gasteiger charge is -2.69. The highest BCUT2D eigenvalue weighted by molar-refractivity contribution is 7.89. The molecular formula is C29H31Cl2N5O5S. The third-order valence-corrected chi connectivity index (χ3v) is 10.0. The maximum atomic E-state index is 13.6. The van der Waals surface area contributed by atoms with Gasteiger partial charge in [-0.3, -0.25) is 14.4 Å². The maximum absolute atomic E-state index is 13.6. The predicted octanol–water partition coefficient (Wildman–Crippen LogP) is 3.55. The van der Waals surface area contributed by atoms with Gasteiger partial charge in [0.15, 0.2) is 0 Å². The van der Waals surface area contributed by atoms with Gasteiger partial charge in [-0.15, -0.1) is 0 Å². The molecule has 3 amide bonds. The van der Waals surface area contributed by atoms with Gasteiger partial charge in [-0.25, -0.2) is 13.1 Å². The number of carbonyl (C=O) groups is 3. The number of aryl methyl sites for hydroxylation is 1. The first-order valence-corrected chi connectivity index (χ1v) is 15.6. The van der Waals surface area contributed by atoms with Gasteiger partial charge in [-0.2, -0.15) is 0 Å². The Balaban J connectivity index is 1.23. The summed E-state index contributed by atoms with van der Waals surface area (Å²) in [6, 6.07) is 13.1. The molecule has 0 aliphatic carbocycles. The molecule has 2 N–H and O–H groups in total. The van der Waals surface area contributed by atoms with Crippen molar-refractivity contribution in [2.24, 2.45) is 13.0 Å². The van der Waals surface area contributed by atoms with E-state index in [4.69, 9.17) is 23.2 Å². The number of nitrogens with zero attached hydrogens (tertiary/aromatic N) is 3. The number of carbonyl (C=O) groups excluding carboxylic acids is 3. The van der Waals surface area contributed by atoms with Crippen molar-refractivity contribution in [1.82, 2.24) is 24.4 Å². The standard InChI is InChI=1S/C29H31Cl2N5O5S/c1-17(2)11-21(33-27(38)23-12-18-7-5-6-8-22(18)34(23)4)28(39)36-15-25-29(36,3)16-35(25)26(37)14-32-42(40,41)24-10-9-19(30)13-20(24)31/h5-13,17,25,32H,14-16H2,1-4H3,(H,33,38)/b21-11-/t25?,29-/m1/s1. The minimum Gasteiger partial charge on any atom is -0.340 e. The SMILES string of the molecule is CC(C)/C=C(\NC(=O)c1cc2ccccc2n1C)C(=O)N1CC2N(C(=O)CNS(=O)(=O)c3ccc(Cl)cc3Cl)C[C@]21C. The first-order valence-electron chi connectivity index (χ1n) is 13.4. The summed E-state index contributed by atoms with van der Waals surface area (Å²) in [5.74, 6) is -1.15. The van der Waals surface area contributed by atoms with Crippen molar-refractivity contribution in [2.75, 3.05) is 19.6 Å². The molecule has 42 heavy (non-hydrogen) atoms. The lowest BCUT2D eigenvalue weighted by atomic mass is 9.71. The number of sulfonamides is 1. The number of nitrogens with one attached hydrogen (secondary N) is 2. The molecule has 2 aromatic carbocycles. The highest BCUT2D eigenvalue weighted by atomic mass is 35.5. The zero-order valence-corrected chi connectivity index (χ0v) is 25.8. The first-order chi connectivity index (χ1) is 19.7. The van der Waals surface area contributed by atoms with Gasteiger partial charge in [-0.1, -0.05) is 61.3 Å². The van der Waals surface area contributed by atoms with Crippen LogP contribution in [0, 0.1) is 5.92 Å². The number of benzene rings is 2. The molecule has 0 saturated carbocycles. The molecule has 10 nitrogen and oxygen atoms in total. The van der Waals surface area contributed by atoms with Gasteiger partial charge >= 0.3 is 0 Å². The topological polar surface area (TPSA) is 121 Å². The Morgan fingerprint density at radius 2 is 1.83 bits per heavy atom. The molecule has 3 aromatic rings. The summed E-state index contributed by atoms with van der Waals surface area (Å²) in [7, 11) is -2.24. The quantitative estimate of drug-likeness (QED) is 0.368. The first kappa shape index (κ1) is 30.1. The molecule has 2 atom stereocenters. The largest absolute Gasteiger partial charge is 0.340 e. The molecule has 3 heterocycles. The highest BCUT2D eigenvalue weighted by Crippen LogP contribution is 2.44. The Morgan fingerprint density at radius 1 is 1.12 bits per heavy atom. The van der Waals surface area contributed by atoms with E-state index in [-0.39, 0.29) is 46.6 Å². The third-order valence-electron chi connectivity index (χ3n) is 7.88. The Morgan fingerprint density at radius 3 is 2.45 bits per heavy atom. The van der Waals surface area contributed by atoms with Crippen molar-refractivity contribution in [3.63, 3.8) is 0 Å². The van der Waals surface area contributed by atoms with E-state index >= 15 is 0 Å². The average molecular weight is 633 g/mol. The van der Waals surface area contributed by atoms with Crippen molar-refractivity contribution in [3.8, 4) is 0 Å². The summed E-state index contributed by atoms with van der Waals surface area (Å²) in [6.45, 7) is 5.74. The molecule has 2 aliphatic rings. The molecular weight excluding hydrogens is 601 g/mol. The van der Waals surface area contributed by atoms with Crippen LogP contribution in [0.15, 0.2) is 65.2 Å². The number of amides is 3. The number of hydrogen-bond donors (Lipinski definition) is 2. The minimum absolute atomic E-state index is 0.0109. The summed E-state index contributed by atoms with van der Waals surface area (Å²) in [6.07, 6.45) is 1.72. The number of aromatic nitrogens is 1. The van der Waals surface area contributed by atoms with E-state index in [0.717, 1.165) is 10.9 Å². The number of rotatable bonds is 8. The highest BCUT2D eigenvalue weighted by Gasteiger charge is 2.64. The van der Waals surface area contributed by atoms with Gasteiger partial charge in [0.25, 0.3) is 11.8 Å². The molecule has 2 aliphatic heterocycles. The fourth-order valence-corrected chi connectivity index (χ4v) is 7.30. The molecule has 1 aromatic heterocycles. The van der Waals surface area contributed by atoms with Crippen LogP contribution in [0.4, 0.5) is 0 Å². The summed E-state index contributed by atoms with van der Waals surface area (Å²) < 4.78 is 29.4. The predicted molar refractivity (Wildman–Crippen MR) is 161 cm³/mol. The van der Waals surface area contributed by atoms with Gasteiger partial charge in [-0.05, 0) is 43.2 Å². The molecule has 5 rings (SSSR count). The van der Waals surface area contributed by atoms with Crippen molar-refractivity contribution in [2.45, 2.75) is 37.2 Å². The third kappa shape index (κ3) is 5.30. The van der Waals surface area contributed by atoms with Crippen LogP contribution < -0.4 is 10.0 Å². The van der Waals surface area contributed by atoms with Crippen LogP contribution in [0.1, 0.15) is 31.3 Å². The second kappa shape index (κ2) is 11.0. The second-order valence-corrected chi connectivity index (χ2v) is 13.7. The molecule has 13 heteroatoms. The fourth-order valence-electron chi connectivity index (χ4n) is 5.56. The van der Waals surface area contributed by atoms with Crippen LogP contribution in [0.5, 0.6) is 0 Å². The van der Waals surface area contributed by atoms with Crippen LogP contribution in [0.3, 0.4) is 0 Å². The minimum atomic E-state index is -4.04. The van der Waals surface area contributed by atoms with Crippen LogP contribution in [-0.2, 0) is 26.7 Å². The number of likely N-dealkylation sites (tertiary alicyclic amines) is 2. The number of halogens is 2. The number of piperazine rings is 1. The molecule has 1 unspecified atom stereocenters. The van der Waals surface area contributed by atoms with Gasteiger partial charge in [0.1, 0.15) is 16.3 Å². The van der Waals surface area contributed by atoms with Crippen LogP contribution in [-0.4, -0.2) is 71.7 Å². The van der Waals surface area contributed by atoms with Crippen LogP contribution in [0.2, 0.25) is 10.0 Å². The molecule has 2 saturated heterocycles. The molecule has 222 valence electrons. The number of fused-ring (bicyclic) bond motifs is 2. The van der Waals surface area contributed by atoms with Gasteiger partial charge in [0.05, 0.1) is 23.1 Å². The van der Waals surface area contributed by atoms with Crippen molar-refractivity contribution >= 4 is 61.8 Å². The summed E-state index contributed by atoms with van der Waals surface area (Å²) in [5.41, 5.74) is 0.872. The van der Waals surface area contributed by atoms with Crippen LogP contribution in [0.25, 0.3) is 10.9 Å². The van der Waals surface area contributed by atoms with E-state index in [1.807, 2.05) is 45.0 Å². The Labute approximate surface area is 254 Å². The average Bonchev–Trinajstić information content (AvgIpc) is 3.26. The lowest BCUT2D eigenvalue weighted by Crippen LogP contribution is -2.88. The van der Waals surface area contributed by atoms with Crippen LogP contribution >= 0.6 is 23.2 Å². The molecule has 0 bridgehead atoms. The Hall–Kier alpha value is -3.38. The molecule has 0 spiro atoms. The maximum Gasteiger partial charge on any atom is 0.272 e.